The maximum atomic E-state index is 13.4. The number of halogens is 6. The molecule has 0 aromatic carbocycles. The van der Waals surface area contributed by atoms with E-state index >= 15 is 0 Å². The highest BCUT2D eigenvalue weighted by Crippen LogP contribution is 2.41. The number of hydrogen-bond donors (Lipinski definition) is 2. The van der Waals surface area contributed by atoms with E-state index in [1.54, 1.807) is 18.7 Å². The average Bonchev–Trinajstić information content (AvgIpc) is 3.62. The zero-order valence-corrected chi connectivity index (χ0v) is 23.5. The van der Waals surface area contributed by atoms with Gasteiger partial charge in [-0.05, 0) is 49.5 Å². The smallest absolute Gasteiger partial charge is 0.475 e. The zero-order chi connectivity index (χ0) is 33.0. The molecule has 2 N–H and O–H groups in total. The first kappa shape index (κ1) is 33.4. The summed E-state index contributed by atoms with van der Waals surface area (Å²) in [6.07, 6.45) is -1.09. The topological polar surface area (TPSA) is 155 Å². The Morgan fingerprint density at radius 2 is 1.56 bits per heavy atom. The molecule has 3 aliphatic rings. The van der Waals surface area contributed by atoms with Crippen molar-refractivity contribution >= 4 is 17.9 Å². The molecule has 0 unspecified atom stereocenters. The Hall–Kier alpha value is -4.48. The number of carbonyl (C=O) groups is 2. The molecule has 6 heterocycles. The summed E-state index contributed by atoms with van der Waals surface area (Å²) < 4.78 is 70.9. The van der Waals surface area contributed by atoms with Gasteiger partial charge in [-0.25, -0.2) is 24.5 Å². The molecular weight excluding hydrogens is 618 g/mol. The van der Waals surface area contributed by atoms with Crippen molar-refractivity contribution < 1.29 is 50.6 Å². The van der Waals surface area contributed by atoms with Crippen LogP contribution in [0.3, 0.4) is 0 Å². The van der Waals surface area contributed by atoms with E-state index in [2.05, 4.69) is 19.8 Å². The molecule has 1 fully saturated rings. The number of hydrogen-bond acceptors (Lipinski definition) is 9. The number of carboxylic acid groups (broad SMARTS) is 2. The van der Waals surface area contributed by atoms with E-state index in [0.29, 0.717) is 12.5 Å². The summed E-state index contributed by atoms with van der Waals surface area (Å²) >= 11 is 0. The third kappa shape index (κ3) is 8.37. The van der Waals surface area contributed by atoms with Crippen LogP contribution in [0.1, 0.15) is 35.7 Å². The number of nitrogens with zero attached hydrogens (tertiary/aromatic N) is 6. The molecule has 0 aliphatic carbocycles. The molecular formula is C27H28F6N6O6. The number of aromatic nitrogens is 4. The Labute approximate surface area is 250 Å². The van der Waals surface area contributed by atoms with Crippen molar-refractivity contribution in [2.24, 2.45) is 5.41 Å². The molecule has 0 radical (unpaired) electrons. The van der Waals surface area contributed by atoms with Gasteiger partial charge in [0.2, 0.25) is 5.95 Å². The second kappa shape index (κ2) is 13.3. The SMILES string of the molecule is O=C(O)C(F)(F)F.O=C(O)C(F)(F)F.O=c1c2c(nc3n1CC1(CCN(Cc4ccco4)CC1)C3)CCN(c1ncccn1)C2. The predicted molar refractivity (Wildman–Crippen MR) is 142 cm³/mol. The number of alkyl halides is 6. The Balaban J connectivity index is 0.000000277. The summed E-state index contributed by atoms with van der Waals surface area (Å²) in [5.41, 5.74) is 2.08. The van der Waals surface area contributed by atoms with E-state index in [9.17, 15) is 31.1 Å². The van der Waals surface area contributed by atoms with E-state index in [1.165, 1.54) is 0 Å². The van der Waals surface area contributed by atoms with E-state index in [-0.39, 0.29) is 11.0 Å². The second-order valence-corrected chi connectivity index (χ2v) is 10.7. The summed E-state index contributed by atoms with van der Waals surface area (Å²) in [5, 5.41) is 14.2. The number of anilines is 1. The fourth-order valence-corrected chi connectivity index (χ4v) is 5.36. The molecule has 244 valence electrons. The van der Waals surface area contributed by atoms with Crippen molar-refractivity contribution in [3.8, 4) is 0 Å². The summed E-state index contributed by atoms with van der Waals surface area (Å²) in [6.45, 7) is 5.04. The molecule has 0 bridgehead atoms. The molecule has 1 saturated heterocycles. The Morgan fingerprint density at radius 1 is 0.956 bits per heavy atom. The summed E-state index contributed by atoms with van der Waals surface area (Å²) in [7, 11) is 0. The van der Waals surface area contributed by atoms with Gasteiger partial charge in [-0.3, -0.25) is 14.3 Å². The first-order chi connectivity index (χ1) is 21.1. The van der Waals surface area contributed by atoms with E-state index in [4.69, 9.17) is 29.2 Å². The van der Waals surface area contributed by atoms with Crippen LogP contribution in [0.15, 0.2) is 46.1 Å². The fourth-order valence-electron chi connectivity index (χ4n) is 5.36. The molecule has 0 amide bonds. The lowest BCUT2D eigenvalue weighted by Gasteiger charge is -2.38. The molecule has 18 heteroatoms. The van der Waals surface area contributed by atoms with Gasteiger partial charge in [0, 0.05) is 38.3 Å². The van der Waals surface area contributed by atoms with Gasteiger partial charge in [0.15, 0.2) is 0 Å². The summed E-state index contributed by atoms with van der Waals surface area (Å²) in [5.74, 6) is -2.84. The maximum absolute atomic E-state index is 13.4. The van der Waals surface area contributed by atoms with Crippen molar-refractivity contribution in [2.75, 3.05) is 24.5 Å². The molecule has 0 atom stereocenters. The van der Waals surface area contributed by atoms with E-state index in [0.717, 1.165) is 81.2 Å². The van der Waals surface area contributed by atoms with Crippen molar-refractivity contribution in [1.29, 1.82) is 0 Å². The first-order valence-electron chi connectivity index (χ1n) is 13.6. The van der Waals surface area contributed by atoms with E-state index in [1.807, 2.05) is 22.8 Å². The van der Waals surface area contributed by atoms with Gasteiger partial charge in [0.25, 0.3) is 5.56 Å². The first-order valence-corrected chi connectivity index (χ1v) is 13.6. The molecule has 3 aromatic rings. The largest absolute Gasteiger partial charge is 0.490 e. The fraction of sp³-hybridized carbons (Fsp3) is 0.481. The molecule has 1 spiro atoms. The summed E-state index contributed by atoms with van der Waals surface area (Å²) in [4.78, 5) is 49.4. The molecule has 3 aromatic heterocycles. The number of piperidine rings is 1. The highest BCUT2D eigenvalue weighted by molar-refractivity contribution is 5.73. The van der Waals surface area contributed by atoms with Crippen LogP contribution < -0.4 is 10.5 Å². The van der Waals surface area contributed by atoms with Gasteiger partial charge in [0.1, 0.15) is 11.6 Å². The van der Waals surface area contributed by atoms with Crippen molar-refractivity contribution in [1.82, 2.24) is 24.4 Å². The minimum atomic E-state index is -5.08. The van der Waals surface area contributed by atoms with Gasteiger partial charge < -0.3 is 19.5 Å². The van der Waals surface area contributed by atoms with Crippen molar-refractivity contribution in [2.45, 2.75) is 57.7 Å². The highest BCUT2D eigenvalue weighted by Gasteiger charge is 2.42. The lowest BCUT2D eigenvalue weighted by Crippen LogP contribution is -2.41. The van der Waals surface area contributed by atoms with Crippen LogP contribution in [0.2, 0.25) is 0 Å². The lowest BCUT2D eigenvalue weighted by molar-refractivity contribution is -0.193. The van der Waals surface area contributed by atoms with Gasteiger partial charge >= 0.3 is 24.3 Å². The predicted octanol–water partition coefficient (Wildman–Crippen LogP) is 3.29. The normalized spacial score (nSPS) is 17.3. The van der Waals surface area contributed by atoms with Gasteiger partial charge in [-0.2, -0.15) is 26.3 Å². The van der Waals surface area contributed by atoms with Gasteiger partial charge in [-0.15, -0.1) is 0 Å². The number of fused-ring (bicyclic) bond motifs is 2. The Kier molecular flexibility index (Phi) is 9.84. The van der Waals surface area contributed by atoms with Crippen molar-refractivity contribution in [3.05, 3.63) is 70.1 Å². The minimum absolute atomic E-state index is 0.135. The minimum Gasteiger partial charge on any atom is -0.475 e. The van der Waals surface area contributed by atoms with E-state index < -0.39 is 24.3 Å². The highest BCUT2D eigenvalue weighted by atomic mass is 19.4. The van der Waals surface area contributed by atoms with Crippen LogP contribution in [0.4, 0.5) is 32.3 Å². The number of aliphatic carboxylic acids is 2. The van der Waals surface area contributed by atoms with Crippen LogP contribution in [0.5, 0.6) is 0 Å². The maximum Gasteiger partial charge on any atom is 0.490 e. The van der Waals surface area contributed by atoms with Crippen LogP contribution in [-0.2, 0) is 42.1 Å². The molecule has 6 rings (SSSR count). The zero-order valence-electron chi connectivity index (χ0n) is 23.5. The Bertz CT molecular complexity index is 1510. The molecule has 3 aliphatic heterocycles. The van der Waals surface area contributed by atoms with Gasteiger partial charge in [0.05, 0.1) is 30.6 Å². The Morgan fingerprint density at radius 3 is 2.09 bits per heavy atom. The number of likely N-dealkylation sites (tertiary alicyclic amines) is 1. The van der Waals surface area contributed by atoms with Crippen LogP contribution >= 0.6 is 0 Å². The third-order valence-electron chi connectivity index (χ3n) is 7.62. The quantitative estimate of drug-likeness (QED) is 0.403. The second-order valence-electron chi connectivity index (χ2n) is 10.7. The monoisotopic (exact) mass is 646 g/mol. The molecule has 45 heavy (non-hydrogen) atoms. The number of rotatable bonds is 3. The third-order valence-corrected chi connectivity index (χ3v) is 7.62. The number of carboxylic acids is 2. The lowest BCUT2D eigenvalue weighted by atomic mass is 9.77. The van der Waals surface area contributed by atoms with Crippen LogP contribution in [0.25, 0.3) is 0 Å². The van der Waals surface area contributed by atoms with Crippen molar-refractivity contribution in [3.63, 3.8) is 0 Å². The molecule has 0 saturated carbocycles. The van der Waals surface area contributed by atoms with Gasteiger partial charge in [-0.1, -0.05) is 0 Å². The standard InChI is InChI=1S/C23H26N6O2.2C2HF3O2/c30-21-18-15-28(22-24-7-2-8-25-22)9-4-19(18)26-20-13-23(16-29(20)21)5-10-27(11-6-23)14-17-3-1-12-31-17;2*3-2(4,5)1(6)7/h1-3,7-8,12H,4-6,9-11,13-16H2;2*(H,6,7). The average molecular weight is 647 g/mol. The summed E-state index contributed by atoms with van der Waals surface area (Å²) in [6, 6.07) is 5.79. The molecule has 12 nitrogen and oxygen atoms in total. The van der Waals surface area contributed by atoms with Crippen LogP contribution in [-0.4, -0.2) is 78.6 Å². The number of furan rings is 1. The van der Waals surface area contributed by atoms with Crippen LogP contribution in [0, 0.1) is 5.41 Å².